The van der Waals surface area contributed by atoms with Crippen LogP contribution in [0.4, 0.5) is 0 Å². The first-order chi connectivity index (χ1) is 9.74. The number of rotatable bonds is 10. The van der Waals surface area contributed by atoms with Crippen LogP contribution >= 0.6 is 0 Å². The molecule has 0 aliphatic carbocycles. The molecular formula is C17H24O3. The summed E-state index contributed by atoms with van der Waals surface area (Å²) in [5.74, 6) is 0.694. The Morgan fingerprint density at radius 1 is 1.20 bits per heavy atom. The van der Waals surface area contributed by atoms with Gasteiger partial charge in [0.25, 0.3) is 0 Å². The quantitative estimate of drug-likeness (QED) is 0.369. The van der Waals surface area contributed by atoms with Crippen molar-refractivity contribution in [2.24, 2.45) is 0 Å². The Balaban J connectivity index is 2.93. The van der Waals surface area contributed by atoms with Crippen molar-refractivity contribution in [3.8, 4) is 5.75 Å². The van der Waals surface area contributed by atoms with E-state index in [-0.39, 0.29) is 12.2 Å². The number of unbranched alkanes of at least 4 members (excludes halogenated alkanes) is 2. The fourth-order valence-corrected chi connectivity index (χ4v) is 2.11. The molecule has 0 atom stereocenters. The maximum atomic E-state index is 12.1. The summed E-state index contributed by atoms with van der Waals surface area (Å²) in [6, 6.07) is 5.47. The zero-order chi connectivity index (χ0) is 14.8. The van der Waals surface area contributed by atoms with Crippen molar-refractivity contribution in [3.05, 3.63) is 29.3 Å². The van der Waals surface area contributed by atoms with E-state index in [2.05, 4.69) is 6.92 Å². The van der Waals surface area contributed by atoms with Crippen LogP contribution in [-0.4, -0.2) is 18.7 Å². The lowest BCUT2D eigenvalue weighted by atomic mass is 10.0. The molecule has 0 N–H and O–H groups in total. The Hall–Kier alpha value is -1.64. The van der Waals surface area contributed by atoms with Gasteiger partial charge in [0.1, 0.15) is 12.0 Å². The summed E-state index contributed by atoms with van der Waals surface area (Å²) in [6.45, 7) is 4.71. The average Bonchev–Trinajstić information content (AvgIpc) is 2.45. The smallest absolute Gasteiger partial charge is 0.166 e. The van der Waals surface area contributed by atoms with Gasteiger partial charge in [-0.1, -0.05) is 38.8 Å². The molecular weight excluding hydrogens is 252 g/mol. The van der Waals surface area contributed by atoms with Crippen LogP contribution in [0.15, 0.2) is 18.2 Å². The minimum Gasteiger partial charge on any atom is -0.493 e. The summed E-state index contributed by atoms with van der Waals surface area (Å²) in [5, 5.41) is 0. The molecule has 1 aromatic carbocycles. The summed E-state index contributed by atoms with van der Waals surface area (Å²) in [5.41, 5.74) is 1.42. The summed E-state index contributed by atoms with van der Waals surface area (Å²) in [4.78, 5) is 22.9. The van der Waals surface area contributed by atoms with Gasteiger partial charge in [-0.25, -0.2) is 0 Å². The van der Waals surface area contributed by atoms with E-state index in [0.29, 0.717) is 24.3 Å². The van der Waals surface area contributed by atoms with Crippen molar-refractivity contribution in [1.29, 1.82) is 0 Å². The van der Waals surface area contributed by atoms with E-state index in [1.807, 2.05) is 19.1 Å². The summed E-state index contributed by atoms with van der Waals surface area (Å²) < 4.78 is 5.81. The highest BCUT2D eigenvalue weighted by Gasteiger charge is 2.15. The molecule has 0 heterocycles. The van der Waals surface area contributed by atoms with Crippen molar-refractivity contribution in [1.82, 2.24) is 0 Å². The first-order valence-electron chi connectivity index (χ1n) is 7.46. The Morgan fingerprint density at radius 2 is 2.00 bits per heavy atom. The molecule has 0 amide bonds. The number of hydrogen-bond donors (Lipinski definition) is 0. The number of ketones is 1. The summed E-state index contributed by atoms with van der Waals surface area (Å²) >= 11 is 0. The molecule has 3 nitrogen and oxygen atoms in total. The van der Waals surface area contributed by atoms with Crippen LogP contribution in [0.5, 0.6) is 5.75 Å². The predicted octanol–water partition coefficient (Wildman–Crippen LogP) is 3.98. The second-order valence-electron chi connectivity index (χ2n) is 4.89. The van der Waals surface area contributed by atoms with Crippen LogP contribution in [-0.2, 0) is 11.2 Å². The van der Waals surface area contributed by atoms with E-state index in [0.717, 1.165) is 37.5 Å². The third kappa shape index (κ3) is 4.80. The van der Waals surface area contributed by atoms with Gasteiger partial charge in [-0.15, -0.1) is 0 Å². The molecule has 1 aromatic rings. The SMILES string of the molecule is CCCCCOc1c(CC=O)cccc1C(=O)CCC. The predicted molar refractivity (Wildman–Crippen MR) is 80.5 cm³/mol. The van der Waals surface area contributed by atoms with E-state index in [1.54, 1.807) is 6.07 Å². The number of Topliss-reactive ketones (excluding diaryl/α,β-unsaturated/α-hetero) is 1. The Kier molecular flexibility index (Phi) is 7.63. The van der Waals surface area contributed by atoms with Gasteiger partial charge in [0.15, 0.2) is 5.78 Å². The van der Waals surface area contributed by atoms with Crippen molar-refractivity contribution in [2.45, 2.75) is 52.4 Å². The average molecular weight is 276 g/mol. The summed E-state index contributed by atoms with van der Waals surface area (Å²) in [7, 11) is 0. The highest BCUT2D eigenvalue weighted by molar-refractivity contribution is 5.99. The lowest BCUT2D eigenvalue weighted by molar-refractivity contribution is -0.107. The minimum absolute atomic E-state index is 0.0886. The molecule has 0 radical (unpaired) electrons. The van der Waals surface area contributed by atoms with Gasteiger partial charge in [-0.05, 0) is 18.9 Å². The second-order valence-corrected chi connectivity index (χ2v) is 4.89. The maximum Gasteiger partial charge on any atom is 0.166 e. The van der Waals surface area contributed by atoms with Crippen LogP contribution in [0.25, 0.3) is 0 Å². The highest BCUT2D eigenvalue weighted by atomic mass is 16.5. The fraction of sp³-hybridized carbons (Fsp3) is 0.529. The maximum absolute atomic E-state index is 12.1. The Bertz CT molecular complexity index is 438. The molecule has 0 aromatic heterocycles. The third-order valence-corrected chi connectivity index (χ3v) is 3.17. The lowest BCUT2D eigenvalue weighted by Gasteiger charge is -2.14. The number of carbonyl (C=O) groups excluding carboxylic acids is 2. The third-order valence-electron chi connectivity index (χ3n) is 3.17. The first-order valence-corrected chi connectivity index (χ1v) is 7.46. The normalized spacial score (nSPS) is 10.3. The molecule has 0 unspecified atom stereocenters. The standard InChI is InChI=1S/C17H24O3/c1-3-5-6-13-20-17-14(11-12-18)9-7-10-15(17)16(19)8-4-2/h7,9-10,12H,3-6,8,11,13H2,1-2H3. The van der Waals surface area contributed by atoms with Crippen molar-refractivity contribution < 1.29 is 14.3 Å². The molecule has 110 valence electrons. The molecule has 0 saturated carbocycles. The molecule has 0 spiro atoms. The number of hydrogen-bond acceptors (Lipinski definition) is 3. The molecule has 0 saturated heterocycles. The van der Waals surface area contributed by atoms with Crippen LogP contribution in [0, 0.1) is 0 Å². The van der Waals surface area contributed by atoms with Gasteiger partial charge in [0.05, 0.1) is 12.2 Å². The largest absolute Gasteiger partial charge is 0.493 e. The Labute approximate surface area is 121 Å². The molecule has 0 aliphatic heterocycles. The zero-order valence-electron chi connectivity index (χ0n) is 12.5. The molecule has 0 aliphatic rings. The van der Waals surface area contributed by atoms with Gasteiger partial charge in [0.2, 0.25) is 0 Å². The topological polar surface area (TPSA) is 43.4 Å². The first kappa shape index (κ1) is 16.4. The Morgan fingerprint density at radius 3 is 2.65 bits per heavy atom. The van der Waals surface area contributed by atoms with Gasteiger partial charge in [-0.2, -0.15) is 0 Å². The molecule has 1 rings (SSSR count). The molecule has 20 heavy (non-hydrogen) atoms. The van der Waals surface area contributed by atoms with Crippen molar-refractivity contribution >= 4 is 12.1 Å². The van der Waals surface area contributed by atoms with Gasteiger partial charge in [0, 0.05) is 18.4 Å². The van der Waals surface area contributed by atoms with Crippen LogP contribution < -0.4 is 4.74 Å². The second kappa shape index (κ2) is 9.29. The van der Waals surface area contributed by atoms with Crippen LogP contribution in [0.2, 0.25) is 0 Å². The number of benzene rings is 1. The highest BCUT2D eigenvalue weighted by Crippen LogP contribution is 2.26. The number of para-hydroxylation sites is 1. The minimum atomic E-state index is 0.0886. The molecule has 3 heteroatoms. The molecule has 0 bridgehead atoms. The van der Waals surface area contributed by atoms with E-state index in [1.165, 1.54) is 0 Å². The van der Waals surface area contributed by atoms with Gasteiger partial charge >= 0.3 is 0 Å². The zero-order valence-corrected chi connectivity index (χ0v) is 12.5. The monoisotopic (exact) mass is 276 g/mol. The lowest BCUT2D eigenvalue weighted by Crippen LogP contribution is -2.08. The van der Waals surface area contributed by atoms with Crippen molar-refractivity contribution in [3.63, 3.8) is 0 Å². The van der Waals surface area contributed by atoms with E-state index >= 15 is 0 Å². The number of aldehydes is 1. The van der Waals surface area contributed by atoms with Gasteiger partial charge < -0.3 is 9.53 Å². The van der Waals surface area contributed by atoms with Crippen LogP contribution in [0.3, 0.4) is 0 Å². The van der Waals surface area contributed by atoms with E-state index in [4.69, 9.17) is 4.74 Å². The molecule has 0 fully saturated rings. The van der Waals surface area contributed by atoms with E-state index in [9.17, 15) is 9.59 Å². The fourth-order valence-electron chi connectivity index (χ4n) is 2.11. The van der Waals surface area contributed by atoms with Crippen molar-refractivity contribution in [2.75, 3.05) is 6.61 Å². The van der Waals surface area contributed by atoms with Gasteiger partial charge in [-0.3, -0.25) is 4.79 Å². The van der Waals surface area contributed by atoms with E-state index < -0.39 is 0 Å². The number of ether oxygens (including phenoxy) is 1. The number of carbonyl (C=O) groups is 2. The summed E-state index contributed by atoms with van der Waals surface area (Å²) in [6.07, 6.45) is 5.66. The van der Waals surface area contributed by atoms with Crippen LogP contribution in [0.1, 0.15) is 61.9 Å².